The summed E-state index contributed by atoms with van der Waals surface area (Å²) in [5, 5.41) is 14.3. The van der Waals surface area contributed by atoms with Crippen LogP contribution in [-0.2, 0) is 17.4 Å². The Balaban J connectivity index is 1.58. The van der Waals surface area contributed by atoms with Crippen LogP contribution in [0, 0.1) is 0 Å². The second kappa shape index (κ2) is 9.27. The molecule has 0 saturated carbocycles. The first-order valence-electron chi connectivity index (χ1n) is 9.30. The van der Waals surface area contributed by atoms with E-state index in [0.717, 1.165) is 17.8 Å². The maximum atomic E-state index is 12.7. The third kappa shape index (κ3) is 6.20. The molecule has 1 aromatic carbocycles. The Labute approximate surface area is 185 Å². The third-order valence-electron chi connectivity index (χ3n) is 4.33. The summed E-state index contributed by atoms with van der Waals surface area (Å²) in [5.41, 5.74) is 1.32. The largest absolute Gasteiger partial charge is 0.480 e. The maximum absolute atomic E-state index is 12.7. The van der Waals surface area contributed by atoms with Crippen LogP contribution < -0.4 is 5.32 Å². The summed E-state index contributed by atoms with van der Waals surface area (Å²) in [7, 11) is 0. The van der Waals surface area contributed by atoms with Crippen molar-refractivity contribution in [2.45, 2.75) is 35.5 Å². The fraction of sp³-hybridized carbons (Fsp3) is 0.286. The summed E-state index contributed by atoms with van der Waals surface area (Å²) in [4.78, 5) is 20.2. The molecule has 3 aromatic rings. The van der Waals surface area contributed by atoms with Crippen LogP contribution in [0.4, 0.5) is 19.0 Å². The van der Waals surface area contributed by atoms with Crippen molar-refractivity contribution in [1.29, 1.82) is 0 Å². The first-order chi connectivity index (χ1) is 14.5. The normalized spacial score (nSPS) is 12.0. The predicted molar refractivity (Wildman–Crippen MR) is 117 cm³/mol. The van der Waals surface area contributed by atoms with E-state index < -0.39 is 22.5 Å². The van der Waals surface area contributed by atoms with Crippen molar-refractivity contribution < 1.29 is 23.1 Å². The molecular formula is C21H20F3N3O2S2. The number of aromatic nitrogens is 2. The van der Waals surface area contributed by atoms with Crippen LogP contribution >= 0.6 is 23.1 Å². The summed E-state index contributed by atoms with van der Waals surface area (Å²) >= 11 is 2.62. The highest BCUT2D eigenvalue weighted by Crippen LogP contribution is 2.35. The van der Waals surface area contributed by atoms with E-state index in [2.05, 4.69) is 15.3 Å². The zero-order chi connectivity index (χ0) is 22.6. The highest BCUT2D eigenvalue weighted by atomic mass is 32.2. The lowest BCUT2D eigenvalue weighted by atomic mass is 10.1. The number of benzene rings is 1. The Kier molecular flexibility index (Phi) is 6.90. The number of carboxylic acids is 1. The minimum absolute atomic E-state index is 0.555. The number of thioether (sulfide) groups is 1. The van der Waals surface area contributed by atoms with E-state index in [0.29, 0.717) is 34.4 Å². The van der Waals surface area contributed by atoms with E-state index in [-0.39, 0.29) is 0 Å². The molecule has 164 valence electrons. The van der Waals surface area contributed by atoms with E-state index in [1.807, 2.05) is 5.38 Å². The molecule has 2 aromatic heterocycles. The van der Waals surface area contributed by atoms with Gasteiger partial charge in [-0.05, 0) is 38.1 Å². The molecule has 0 unspecified atom stereocenters. The SMILES string of the molecule is CC(C)(Sc1nc(CCNc2cccc(-c3ccc(C(F)(F)F)cc3)n2)cs1)C(=O)O. The fourth-order valence-corrected chi connectivity index (χ4v) is 4.78. The number of carbonyl (C=O) groups is 1. The van der Waals surface area contributed by atoms with E-state index in [1.54, 1.807) is 32.0 Å². The van der Waals surface area contributed by atoms with Gasteiger partial charge in [-0.2, -0.15) is 13.2 Å². The van der Waals surface area contributed by atoms with Crippen molar-refractivity contribution in [3.8, 4) is 11.3 Å². The number of carboxylic acid groups (broad SMARTS) is 1. The molecule has 0 fully saturated rings. The van der Waals surface area contributed by atoms with Crippen LogP contribution in [0.3, 0.4) is 0 Å². The summed E-state index contributed by atoms with van der Waals surface area (Å²) in [5.74, 6) is -0.288. The van der Waals surface area contributed by atoms with E-state index in [4.69, 9.17) is 0 Å². The Bertz CT molecular complexity index is 1050. The van der Waals surface area contributed by atoms with Gasteiger partial charge in [-0.1, -0.05) is 30.0 Å². The van der Waals surface area contributed by atoms with Gasteiger partial charge in [0, 0.05) is 23.9 Å². The summed E-state index contributed by atoms with van der Waals surface area (Å²) in [6.45, 7) is 3.83. The first-order valence-corrected chi connectivity index (χ1v) is 11.0. The molecule has 31 heavy (non-hydrogen) atoms. The monoisotopic (exact) mass is 467 g/mol. The highest BCUT2D eigenvalue weighted by molar-refractivity contribution is 8.02. The van der Waals surface area contributed by atoms with Gasteiger partial charge >= 0.3 is 12.1 Å². The number of thiazole rings is 1. The standard InChI is InChI=1S/C21H20F3N3O2S2/c1-20(2,18(28)29)31-19-26-15(12-30-19)10-11-25-17-5-3-4-16(27-17)13-6-8-14(9-7-13)21(22,23)24/h3-9,12H,10-11H2,1-2H3,(H,25,27)(H,28,29). The van der Waals surface area contributed by atoms with Crippen molar-refractivity contribution in [2.75, 3.05) is 11.9 Å². The molecule has 2 N–H and O–H groups in total. The Morgan fingerprint density at radius 3 is 2.48 bits per heavy atom. The molecule has 0 saturated heterocycles. The molecule has 2 heterocycles. The molecule has 5 nitrogen and oxygen atoms in total. The predicted octanol–water partition coefficient (Wildman–Crippen LogP) is 5.83. The van der Waals surface area contributed by atoms with Gasteiger partial charge < -0.3 is 10.4 Å². The molecule has 0 amide bonds. The zero-order valence-corrected chi connectivity index (χ0v) is 18.4. The summed E-state index contributed by atoms with van der Waals surface area (Å²) in [6.07, 6.45) is -3.75. The van der Waals surface area contributed by atoms with Gasteiger partial charge in [0.15, 0.2) is 4.34 Å². The number of halogens is 3. The highest BCUT2D eigenvalue weighted by Gasteiger charge is 2.30. The van der Waals surface area contributed by atoms with E-state index >= 15 is 0 Å². The van der Waals surface area contributed by atoms with Crippen LogP contribution in [0.15, 0.2) is 52.2 Å². The molecule has 0 atom stereocenters. The molecule has 0 aliphatic heterocycles. The van der Waals surface area contributed by atoms with Gasteiger partial charge in [-0.15, -0.1) is 11.3 Å². The first kappa shape index (κ1) is 23.1. The Morgan fingerprint density at radius 1 is 1.13 bits per heavy atom. The van der Waals surface area contributed by atoms with Crippen LogP contribution in [0.25, 0.3) is 11.3 Å². The molecule has 0 aliphatic carbocycles. The smallest absolute Gasteiger partial charge is 0.416 e. The van der Waals surface area contributed by atoms with Gasteiger partial charge in [0.05, 0.1) is 17.0 Å². The number of anilines is 1. The van der Waals surface area contributed by atoms with E-state index in [1.165, 1.54) is 35.2 Å². The van der Waals surface area contributed by atoms with Gasteiger partial charge in [-0.25, -0.2) is 9.97 Å². The fourth-order valence-electron chi connectivity index (χ4n) is 2.55. The zero-order valence-electron chi connectivity index (χ0n) is 16.7. The van der Waals surface area contributed by atoms with Crippen molar-refractivity contribution in [3.63, 3.8) is 0 Å². The lowest BCUT2D eigenvalue weighted by Crippen LogP contribution is -2.26. The maximum Gasteiger partial charge on any atom is 0.416 e. The molecule has 3 rings (SSSR count). The lowest BCUT2D eigenvalue weighted by molar-refractivity contribution is -0.139. The minimum atomic E-state index is -4.37. The van der Waals surface area contributed by atoms with Gasteiger partial charge in [0.2, 0.25) is 0 Å². The summed E-state index contributed by atoms with van der Waals surface area (Å²) in [6, 6.07) is 10.2. The van der Waals surface area contributed by atoms with Crippen LogP contribution in [-0.4, -0.2) is 32.3 Å². The number of nitrogens with zero attached hydrogens (tertiary/aromatic N) is 2. The van der Waals surface area contributed by atoms with Crippen LogP contribution in [0.5, 0.6) is 0 Å². The summed E-state index contributed by atoms with van der Waals surface area (Å²) < 4.78 is 37.9. The molecule has 0 aliphatic rings. The second-order valence-corrected chi connectivity index (χ2v) is 9.91. The molecule has 0 radical (unpaired) electrons. The van der Waals surface area contributed by atoms with Crippen molar-refractivity contribution in [3.05, 3.63) is 59.1 Å². The van der Waals surface area contributed by atoms with E-state index in [9.17, 15) is 23.1 Å². The van der Waals surface area contributed by atoms with Gasteiger partial charge in [-0.3, -0.25) is 4.79 Å². The average Bonchev–Trinajstić information content (AvgIpc) is 3.14. The molecule has 0 bridgehead atoms. The third-order valence-corrected chi connectivity index (χ3v) is 6.50. The number of alkyl halides is 3. The number of pyridine rings is 1. The topological polar surface area (TPSA) is 75.1 Å². The molecule has 10 heteroatoms. The van der Waals surface area contributed by atoms with Crippen molar-refractivity contribution in [2.24, 2.45) is 0 Å². The number of nitrogens with one attached hydrogen (secondary N) is 1. The van der Waals surface area contributed by atoms with Gasteiger partial charge in [0.1, 0.15) is 10.6 Å². The number of hydrogen-bond donors (Lipinski definition) is 2. The molecule has 0 spiro atoms. The number of hydrogen-bond acceptors (Lipinski definition) is 6. The quantitative estimate of drug-likeness (QED) is 0.406. The van der Waals surface area contributed by atoms with Crippen LogP contribution in [0.2, 0.25) is 0 Å². The Morgan fingerprint density at radius 2 is 1.84 bits per heavy atom. The molecular weight excluding hydrogens is 447 g/mol. The number of aliphatic carboxylic acids is 1. The average molecular weight is 468 g/mol. The minimum Gasteiger partial charge on any atom is -0.480 e. The van der Waals surface area contributed by atoms with Crippen molar-refractivity contribution >= 4 is 34.9 Å². The second-order valence-electron chi connectivity index (χ2n) is 7.18. The van der Waals surface area contributed by atoms with Crippen molar-refractivity contribution in [1.82, 2.24) is 9.97 Å². The van der Waals surface area contributed by atoms with Crippen LogP contribution in [0.1, 0.15) is 25.1 Å². The van der Waals surface area contributed by atoms with Gasteiger partial charge in [0.25, 0.3) is 0 Å². The number of rotatable bonds is 8. The lowest BCUT2D eigenvalue weighted by Gasteiger charge is -2.15. The Hall–Kier alpha value is -2.59.